The standard InChI is InChI=1S/C14H17F2NO4/c15-12(16)9-21-8-7-13(18)17-11-4-1-10(2-5-11)3-6-14(19)20/h1-2,4-5,12H,3,6-9H2,(H,17,18)(H,19,20). The Labute approximate surface area is 120 Å². The number of nitrogens with one attached hydrogen (secondary N) is 1. The van der Waals surface area contributed by atoms with Gasteiger partial charge in [0.05, 0.1) is 13.0 Å². The van der Waals surface area contributed by atoms with Crippen molar-refractivity contribution in [3.05, 3.63) is 29.8 Å². The lowest BCUT2D eigenvalue weighted by Crippen LogP contribution is -2.15. The van der Waals surface area contributed by atoms with Crippen LogP contribution in [0.15, 0.2) is 24.3 Å². The van der Waals surface area contributed by atoms with Crippen LogP contribution in [0.2, 0.25) is 0 Å². The lowest BCUT2D eigenvalue weighted by atomic mass is 10.1. The first-order valence-corrected chi connectivity index (χ1v) is 6.44. The molecule has 7 heteroatoms. The molecule has 0 heterocycles. The number of rotatable bonds is 9. The van der Waals surface area contributed by atoms with Crippen molar-refractivity contribution in [2.45, 2.75) is 25.7 Å². The van der Waals surface area contributed by atoms with E-state index in [0.717, 1.165) is 5.56 Å². The molecule has 1 amide bonds. The van der Waals surface area contributed by atoms with Crippen LogP contribution in [0.1, 0.15) is 18.4 Å². The number of carbonyl (C=O) groups is 2. The van der Waals surface area contributed by atoms with Gasteiger partial charge in [-0.05, 0) is 24.1 Å². The number of ether oxygens (including phenoxy) is 1. The highest BCUT2D eigenvalue weighted by molar-refractivity contribution is 5.90. The van der Waals surface area contributed by atoms with E-state index in [1.165, 1.54) is 0 Å². The average molecular weight is 301 g/mol. The second kappa shape index (κ2) is 9.02. The predicted molar refractivity (Wildman–Crippen MR) is 72.5 cm³/mol. The number of carboxylic acid groups (broad SMARTS) is 1. The molecule has 0 saturated carbocycles. The van der Waals surface area contributed by atoms with E-state index in [1.54, 1.807) is 24.3 Å². The maximum absolute atomic E-state index is 11.8. The number of aryl methyl sites for hydroxylation is 1. The highest BCUT2D eigenvalue weighted by Gasteiger charge is 2.06. The Hall–Kier alpha value is -2.02. The van der Waals surface area contributed by atoms with Crippen molar-refractivity contribution in [1.82, 2.24) is 0 Å². The molecule has 0 aliphatic carbocycles. The summed E-state index contributed by atoms with van der Waals surface area (Å²) in [7, 11) is 0. The third kappa shape index (κ3) is 7.98. The number of aliphatic carboxylic acids is 1. The molecule has 0 aliphatic heterocycles. The molecule has 21 heavy (non-hydrogen) atoms. The smallest absolute Gasteiger partial charge is 0.303 e. The van der Waals surface area contributed by atoms with Gasteiger partial charge in [-0.25, -0.2) is 8.78 Å². The second-order valence-corrected chi connectivity index (χ2v) is 4.35. The van der Waals surface area contributed by atoms with Crippen LogP contribution >= 0.6 is 0 Å². The number of hydrogen-bond donors (Lipinski definition) is 2. The number of alkyl halides is 2. The fourth-order valence-electron chi connectivity index (χ4n) is 1.57. The molecule has 0 unspecified atom stereocenters. The lowest BCUT2D eigenvalue weighted by Gasteiger charge is -2.07. The number of halogens is 2. The molecule has 0 aromatic heterocycles. The summed E-state index contributed by atoms with van der Waals surface area (Å²) < 4.78 is 28.2. The van der Waals surface area contributed by atoms with Gasteiger partial charge in [0.15, 0.2) is 0 Å². The Balaban J connectivity index is 2.30. The summed E-state index contributed by atoms with van der Waals surface area (Å²) in [6.45, 7) is -0.738. The predicted octanol–water partition coefficient (Wildman–Crippen LogP) is 2.31. The Morgan fingerprint density at radius 2 is 1.86 bits per heavy atom. The minimum Gasteiger partial charge on any atom is -0.481 e. The summed E-state index contributed by atoms with van der Waals surface area (Å²) in [6.07, 6.45) is -2.07. The van der Waals surface area contributed by atoms with E-state index in [-0.39, 0.29) is 25.4 Å². The summed E-state index contributed by atoms with van der Waals surface area (Å²) in [5.74, 6) is -1.20. The zero-order chi connectivity index (χ0) is 15.7. The van der Waals surface area contributed by atoms with Crippen molar-refractivity contribution in [1.29, 1.82) is 0 Å². The minimum absolute atomic E-state index is 0.00646. The van der Waals surface area contributed by atoms with Crippen LogP contribution in [-0.2, 0) is 20.7 Å². The van der Waals surface area contributed by atoms with E-state index in [4.69, 9.17) is 5.11 Å². The van der Waals surface area contributed by atoms with Crippen molar-refractivity contribution in [2.75, 3.05) is 18.5 Å². The molecule has 0 fully saturated rings. The van der Waals surface area contributed by atoms with E-state index in [0.29, 0.717) is 12.1 Å². The van der Waals surface area contributed by atoms with Crippen molar-refractivity contribution in [3.63, 3.8) is 0 Å². The number of carbonyl (C=O) groups excluding carboxylic acids is 1. The minimum atomic E-state index is -2.54. The van der Waals surface area contributed by atoms with Gasteiger partial charge in [0.1, 0.15) is 6.61 Å². The molecule has 0 aliphatic rings. The first-order valence-electron chi connectivity index (χ1n) is 6.44. The van der Waals surface area contributed by atoms with Crippen molar-refractivity contribution in [2.24, 2.45) is 0 Å². The normalized spacial score (nSPS) is 10.6. The molecule has 0 saturated heterocycles. The van der Waals surface area contributed by atoms with E-state index in [2.05, 4.69) is 10.1 Å². The SMILES string of the molecule is O=C(O)CCc1ccc(NC(=O)CCOCC(F)F)cc1. The number of carboxylic acids is 1. The zero-order valence-corrected chi connectivity index (χ0v) is 11.4. The third-order valence-corrected chi connectivity index (χ3v) is 2.58. The molecular weight excluding hydrogens is 284 g/mol. The van der Waals surface area contributed by atoms with Gasteiger partial charge in [0.25, 0.3) is 6.43 Å². The number of hydrogen-bond acceptors (Lipinski definition) is 3. The van der Waals surface area contributed by atoms with Gasteiger partial charge >= 0.3 is 5.97 Å². The topological polar surface area (TPSA) is 75.6 Å². The molecule has 116 valence electrons. The van der Waals surface area contributed by atoms with Crippen LogP contribution in [0.5, 0.6) is 0 Å². The Kier molecular flexibility index (Phi) is 7.31. The lowest BCUT2D eigenvalue weighted by molar-refractivity contribution is -0.137. The Morgan fingerprint density at radius 3 is 2.43 bits per heavy atom. The zero-order valence-electron chi connectivity index (χ0n) is 11.4. The maximum atomic E-state index is 11.8. The largest absolute Gasteiger partial charge is 0.481 e. The number of amides is 1. The quantitative estimate of drug-likeness (QED) is 0.686. The van der Waals surface area contributed by atoms with Crippen LogP contribution < -0.4 is 5.32 Å². The fraction of sp³-hybridized carbons (Fsp3) is 0.429. The van der Waals surface area contributed by atoms with E-state index in [1.807, 2.05) is 0 Å². The van der Waals surface area contributed by atoms with Gasteiger partial charge in [0.2, 0.25) is 5.91 Å². The molecule has 1 aromatic carbocycles. The highest BCUT2D eigenvalue weighted by atomic mass is 19.3. The summed E-state index contributed by atoms with van der Waals surface area (Å²) in [5, 5.41) is 11.2. The fourth-order valence-corrected chi connectivity index (χ4v) is 1.57. The summed E-state index contributed by atoms with van der Waals surface area (Å²) in [6, 6.07) is 6.78. The molecule has 5 nitrogen and oxygen atoms in total. The van der Waals surface area contributed by atoms with Gasteiger partial charge in [-0.2, -0.15) is 0 Å². The van der Waals surface area contributed by atoms with Crippen LogP contribution in [0, 0.1) is 0 Å². The Bertz CT molecular complexity index is 463. The Morgan fingerprint density at radius 1 is 1.19 bits per heavy atom. The van der Waals surface area contributed by atoms with Gasteiger partial charge in [-0.3, -0.25) is 9.59 Å². The van der Waals surface area contributed by atoms with Crippen LogP contribution in [0.4, 0.5) is 14.5 Å². The summed E-state index contributed by atoms with van der Waals surface area (Å²) in [5.41, 5.74) is 1.42. The molecular formula is C14H17F2NO4. The molecule has 0 spiro atoms. The van der Waals surface area contributed by atoms with Gasteiger partial charge in [0, 0.05) is 12.1 Å². The van der Waals surface area contributed by atoms with Gasteiger partial charge < -0.3 is 15.2 Å². The first-order chi connectivity index (χ1) is 9.97. The summed E-state index contributed by atoms with van der Waals surface area (Å²) >= 11 is 0. The van der Waals surface area contributed by atoms with Crippen molar-refractivity contribution in [3.8, 4) is 0 Å². The summed E-state index contributed by atoms with van der Waals surface area (Å²) in [4.78, 5) is 21.9. The third-order valence-electron chi connectivity index (χ3n) is 2.58. The van der Waals surface area contributed by atoms with Crippen molar-refractivity contribution >= 4 is 17.6 Å². The number of benzene rings is 1. The molecule has 0 radical (unpaired) electrons. The first kappa shape index (κ1) is 17.0. The molecule has 0 atom stereocenters. The van der Waals surface area contributed by atoms with Crippen LogP contribution in [0.25, 0.3) is 0 Å². The van der Waals surface area contributed by atoms with Crippen LogP contribution in [-0.4, -0.2) is 36.6 Å². The van der Waals surface area contributed by atoms with Gasteiger partial charge in [-0.15, -0.1) is 0 Å². The monoisotopic (exact) mass is 301 g/mol. The van der Waals surface area contributed by atoms with E-state index < -0.39 is 19.0 Å². The second-order valence-electron chi connectivity index (χ2n) is 4.35. The molecule has 1 rings (SSSR count). The van der Waals surface area contributed by atoms with Crippen molar-refractivity contribution < 1.29 is 28.2 Å². The maximum Gasteiger partial charge on any atom is 0.303 e. The molecule has 0 bridgehead atoms. The van der Waals surface area contributed by atoms with Gasteiger partial charge in [-0.1, -0.05) is 12.1 Å². The highest BCUT2D eigenvalue weighted by Crippen LogP contribution is 2.11. The molecule has 2 N–H and O–H groups in total. The number of anilines is 1. The van der Waals surface area contributed by atoms with Crippen LogP contribution in [0.3, 0.4) is 0 Å². The van der Waals surface area contributed by atoms with E-state index in [9.17, 15) is 18.4 Å². The molecule has 1 aromatic rings. The average Bonchev–Trinajstić information content (AvgIpc) is 2.42. The van der Waals surface area contributed by atoms with E-state index >= 15 is 0 Å².